The highest BCUT2D eigenvalue weighted by atomic mass is 32.1. The third kappa shape index (κ3) is 3.68. The van der Waals surface area contributed by atoms with Gasteiger partial charge in [-0.1, -0.05) is 12.1 Å². The van der Waals surface area contributed by atoms with E-state index in [-0.39, 0.29) is 28.5 Å². The molecule has 1 N–H and O–H groups in total. The summed E-state index contributed by atoms with van der Waals surface area (Å²) < 4.78 is 18.0. The maximum absolute atomic E-state index is 13.3. The van der Waals surface area contributed by atoms with Gasteiger partial charge in [-0.05, 0) is 30.7 Å². The highest BCUT2D eigenvalue weighted by Crippen LogP contribution is 2.36. The van der Waals surface area contributed by atoms with Crippen molar-refractivity contribution in [2.75, 3.05) is 7.11 Å². The van der Waals surface area contributed by atoms with E-state index in [1.54, 1.807) is 12.1 Å². The number of nitrogens with zero attached hydrogens (tertiary/aromatic N) is 2. The fraction of sp³-hybridized carbons (Fsp3) is 0.0952. The van der Waals surface area contributed by atoms with Crippen LogP contribution in [-0.4, -0.2) is 28.0 Å². The summed E-state index contributed by atoms with van der Waals surface area (Å²) in [5, 5.41) is 11.6. The Bertz CT molecular complexity index is 1410. The Morgan fingerprint density at radius 2 is 1.90 bits per heavy atom. The average Bonchev–Trinajstić information content (AvgIpc) is 3.09. The molecule has 0 atom stereocenters. The number of nitrogens with one attached hydrogen (secondary N) is 1. The Morgan fingerprint density at radius 3 is 2.55 bits per heavy atom. The van der Waals surface area contributed by atoms with Gasteiger partial charge >= 0.3 is 5.97 Å². The Morgan fingerprint density at radius 1 is 1.19 bits per heavy atom. The van der Waals surface area contributed by atoms with E-state index in [9.17, 15) is 24.1 Å². The normalized spacial score (nSPS) is 10.9. The first-order valence-electron chi connectivity index (χ1n) is 8.96. The van der Waals surface area contributed by atoms with Gasteiger partial charge in [0.15, 0.2) is 0 Å². The number of rotatable bonds is 4. The maximum atomic E-state index is 13.3. The number of aryl methyl sites for hydroxylation is 1. The van der Waals surface area contributed by atoms with Gasteiger partial charge in [-0.25, -0.2) is 14.2 Å². The molecule has 0 bridgehead atoms. The molecule has 0 unspecified atom stereocenters. The van der Waals surface area contributed by atoms with Crippen LogP contribution in [0.4, 0.5) is 10.1 Å². The number of H-pyrrole nitrogens is 1. The summed E-state index contributed by atoms with van der Waals surface area (Å²) >= 11 is 1.28. The van der Waals surface area contributed by atoms with E-state index in [1.165, 1.54) is 42.7 Å². The van der Waals surface area contributed by atoms with Crippen LogP contribution in [0.1, 0.15) is 15.2 Å². The van der Waals surface area contributed by atoms with E-state index in [0.29, 0.717) is 21.3 Å². The smallest absolute Gasteiger partial charge is 0.338 e. The molecule has 4 rings (SSSR count). The highest BCUT2D eigenvalue weighted by Gasteiger charge is 2.20. The zero-order valence-corrected chi connectivity index (χ0v) is 17.1. The van der Waals surface area contributed by atoms with Crippen LogP contribution in [-0.2, 0) is 4.74 Å². The molecule has 0 aliphatic carbocycles. The lowest BCUT2D eigenvalue weighted by atomic mass is 10.0. The molecule has 2 heterocycles. The molecular weight excluding hydrogens is 425 g/mol. The molecule has 0 aliphatic heterocycles. The zero-order chi connectivity index (χ0) is 22.3. The van der Waals surface area contributed by atoms with Crippen LogP contribution in [0, 0.1) is 22.9 Å². The summed E-state index contributed by atoms with van der Waals surface area (Å²) in [6.07, 6.45) is 0. The van der Waals surface area contributed by atoms with Crippen LogP contribution < -0.4 is 5.56 Å². The standard InChI is InChI=1S/C21H14FN3O5S/c1-10-16(11-3-5-14(22)6-4-11)17-19(26)23-18(24-20(17)31-10)12-7-13(21(27)30-2)9-15(8-12)25(28)29/h3-9H,1-2H3,(H,23,24,26). The van der Waals surface area contributed by atoms with Gasteiger partial charge in [0.25, 0.3) is 11.2 Å². The lowest BCUT2D eigenvalue weighted by molar-refractivity contribution is -0.384. The van der Waals surface area contributed by atoms with Crippen molar-refractivity contribution in [1.82, 2.24) is 9.97 Å². The second-order valence-electron chi connectivity index (χ2n) is 6.65. The number of nitro groups is 1. The first kappa shape index (κ1) is 20.4. The fourth-order valence-corrected chi connectivity index (χ4v) is 4.35. The molecule has 0 aliphatic rings. The molecule has 0 fully saturated rings. The van der Waals surface area contributed by atoms with Gasteiger partial charge < -0.3 is 9.72 Å². The third-order valence-corrected chi connectivity index (χ3v) is 5.69. The number of hydrogen-bond donors (Lipinski definition) is 1. The zero-order valence-electron chi connectivity index (χ0n) is 16.3. The van der Waals surface area contributed by atoms with Gasteiger partial charge in [0.05, 0.1) is 23.0 Å². The summed E-state index contributed by atoms with van der Waals surface area (Å²) in [5.41, 5.74) is 0.694. The Labute approximate surface area is 178 Å². The number of hydrogen-bond acceptors (Lipinski definition) is 7. The van der Waals surface area contributed by atoms with Crippen molar-refractivity contribution in [2.45, 2.75) is 6.92 Å². The van der Waals surface area contributed by atoms with E-state index >= 15 is 0 Å². The number of carbonyl (C=O) groups is 1. The van der Waals surface area contributed by atoms with Gasteiger partial charge in [0.1, 0.15) is 16.5 Å². The van der Waals surface area contributed by atoms with Gasteiger partial charge in [-0.15, -0.1) is 11.3 Å². The Kier molecular flexibility index (Phi) is 5.07. The van der Waals surface area contributed by atoms with Crippen molar-refractivity contribution >= 4 is 33.2 Å². The van der Waals surface area contributed by atoms with Crippen LogP contribution in [0.2, 0.25) is 0 Å². The van der Waals surface area contributed by atoms with Gasteiger partial charge in [-0.2, -0.15) is 0 Å². The minimum Gasteiger partial charge on any atom is -0.465 e. The van der Waals surface area contributed by atoms with Crippen LogP contribution in [0.25, 0.3) is 32.7 Å². The number of aromatic amines is 1. The predicted molar refractivity (Wildman–Crippen MR) is 114 cm³/mol. The molecule has 0 saturated carbocycles. The minimum atomic E-state index is -0.751. The van der Waals surface area contributed by atoms with E-state index in [0.717, 1.165) is 10.9 Å². The number of esters is 1. The van der Waals surface area contributed by atoms with Gasteiger partial charge in [0, 0.05) is 28.1 Å². The largest absolute Gasteiger partial charge is 0.465 e. The number of thiophene rings is 1. The fourth-order valence-electron chi connectivity index (χ4n) is 3.31. The molecule has 31 heavy (non-hydrogen) atoms. The van der Waals surface area contributed by atoms with Crippen molar-refractivity contribution < 1.29 is 18.8 Å². The summed E-state index contributed by atoms with van der Waals surface area (Å²) in [7, 11) is 1.17. The van der Waals surface area contributed by atoms with Crippen molar-refractivity contribution in [3.8, 4) is 22.5 Å². The van der Waals surface area contributed by atoms with Crippen molar-refractivity contribution in [3.05, 3.63) is 79.2 Å². The van der Waals surface area contributed by atoms with E-state index in [1.807, 2.05) is 6.92 Å². The second kappa shape index (κ2) is 7.73. The molecule has 8 nitrogen and oxygen atoms in total. The Balaban J connectivity index is 1.92. The molecule has 2 aromatic heterocycles. The first-order chi connectivity index (χ1) is 14.8. The molecule has 10 heteroatoms. The van der Waals surface area contributed by atoms with Crippen LogP contribution in [0.15, 0.2) is 47.3 Å². The van der Waals surface area contributed by atoms with Gasteiger partial charge in [-0.3, -0.25) is 14.9 Å². The van der Waals surface area contributed by atoms with Crippen LogP contribution in [0.5, 0.6) is 0 Å². The number of methoxy groups -OCH3 is 1. The lowest BCUT2D eigenvalue weighted by Gasteiger charge is -2.06. The van der Waals surface area contributed by atoms with Crippen LogP contribution >= 0.6 is 11.3 Å². The lowest BCUT2D eigenvalue weighted by Crippen LogP contribution is -2.10. The summed E-state index contributed by atoms with van der Waals surface area (Å²) in [6.45, 7) is 1.83. The van der Waals surface area contributed by atoms with Crippen molar-refractivity contribution in [3.63, 3.8) is 0 Å². The molecule has 4 aromatic rings. The predicted octanol–water partition coefficient (Wildman–Crippen LogP) is 4.46. The second-order valence-corrected chi connectivity index (χ2v) is 7.86. The number of fused-ring (bicyclic) bond motifs is 1. The van der Waals surface area contributed by atoms with E-state index in [2.05, 4.69) is 14.7 Å². The van der Waals surface area contributed by atoms with Crippen molar-refractivity contribution in [1.29, 1.82) is 0 Å². The Hall–Kier alpha value is -3.92. The molecule has 0 radical (unpaired) electrons. The molecule has 0 spiro atoms. The van der Waals surface area contributed by atoms with Crippen LogP contribution in [0.3, 0.4) is 0 Å². The number of ether oxygens (including phenoxy) is 1. The molecule has 156 valence electrons. The summed E-state index contributed by atoms with van der Waals surface area (Å²) in [5.74, 6) is -1.06. The first-order valence-corrected chi connectivity index (χ1v) is 9.77. The SMILES string of the molecule is COC(=O)c1cc(-c2nc3sc(C)c(-c4ccc(F)cc4)c3c(=O)[nH]2)cc([N+](=O)[O-])c1. The third-order valence-electron chi connectivity index (χ3n) is 4.69. The van der Waals surface area contributed by atoms with E-state index < -0.39 is 16.5 Å². The molecule has 0 amide bonds. The molecular formula is C21H14FN3O5S. The number of aromatic nitrogens is 2. The number of halogens is 1. The van der Waals surface area contributed by atoms with Gasteiger partial charge in [0.2, 0.25) is 0 Å². The summed E-state index contributed by atoms with van der Waals surface area (Å²) in [6, 6.07) is 9.47. The number of benzene rings is 2. The average molecular weight is 439 g/mol. The maximum Gasteiger partial charge on any atom is 0.338 e. The number of nitro benzene ring substituents is 1. The monoisotopic (exact) mass is 439 g/mol. The minimum absolute atomic E-state index is 0.0381. The summed E-state index contributed by atoms with van der Waals surface area (Å²) in [4.78, 5) is 43.9. The van der Waals surface area contributed by atoms with E-state index in [4.69, 9.17) is 0 Å². The topological polar surface area (TPSA) is 115 Å². The van der Waals surface area contributed by atoms with Crippen molar-refractivity contribution in [2.24, 2.45) is 0 Å². The molecule has 0 saturated heterocycles. The number of carbonyl (C=O) groups excluding carboxylic acids is 1. The number of non-ortho nitro benzene ring substituents is 1. The quantitative estimate of drug-likeness (QED) is 0.285. The molecule has 2 aromatic carbocycles. The highest BCUT2D eigenvalue weighted by molar-refractivity contribution is 7.19.